The van der Waals surface area contributed by atoms with Crippen molar-refractivity contribution in [3.8, 4) is 11.5 Å². The monoisotopic (exact) mass is 758 g/mol. The van der Waals surface area contributed by atoms with E-state index in [1.807, 2.05) is 38.1 Å². The molecule has 8 nitrogen and oxygen atoms in total. The molecule has 0 N–H and O–H groups in total. The number of carbonyl (C=O) groups excluding carboxylic acids is 3. The van der Waals surface area contributed by atoms with Crippen LogP contribution in [0.2, 0.25) is 30.1 Å². The predicted molar refractivity (Wildman–Crippen MR) is 181 cm³/mol. The van der Waals surface area contributed by atoms with Crippen LogP contribution < -0.4 is 9.47 Å². The van der Waals surface area contributed by atoms with Crippen molar-refractivity contribution in [2.75, 3.05) is 7.11 Å². The van der Waals surface area contributed by atoms with E-state index in [0.29, 0.717) is 0 Å². The third kappa shape index (κ3) is 8.64. The molecule has 0 aliphatic heterocycles. The highest BCUT2D eigenvalue weighted by atomic mass is 35.5. The molecule has 0 saturated heterocycles. The van der Waals surface area contributed by atoms with Crippen molar-refractivity contribution in [3.05, 3.63) is 124 Å². The molecule has 4 aromatic carbocycles. The summed E-state index contributed by atoms with van der Waals surface area (Å²) in [5.41, 5.74) is 2.42. The third-order valence-electron chi connectivity index (χ3n) is 6.74. The lowest BCUT2D eigenvalue weighted by molar-refractivity contribution is -0.163. The summed E-state index contributed by atoms with van der Waals surface area (Å²) in [6.45, 7) is 3.46. The molecule has 0 spiro atoms. The molecule has 1 unspecified atom stereocenters. The zero-order chi connectivity index (χ0) is 34.4. The first-order chi connectivity index (χ1) is 22.3. The van der Waals surface area contributed by atoms with Crippen molar-refractivity contribution in [1.29, 1.82) is 0 Å². The number of aryl methyl sites for hydroxylation is 2. The minimum absolute atomic E-state index is 0.0835. The van der Waals surface area contributed by atoms with E-state index in [-0.39, 0.29) is 48.9 Å². The van der Waals surface area contributed by atoms with Gasteiger partial charge in [0.1, 0.15) is 24.3 Å². The summed E-state index contributed by atoms with van der Waals surface area (Å²) in [5, 5.41) is -1.18. The Morgan fingerprint density at radius 1 is 0.638 bits per heavy atom. The Bertz CT molecular complexity index is 1840. The number of hydrogen-bond acceptors (Lipinski definition) is 8. The van der Waals surface area contributed by atoms with Crippen molar-refractivity contribution < 1.29 is 38.1 Å². The first-order valence-corrected chi connectivity index (χ1v) is 15.8. The molecule has 0 amide bonds. The maximum Gasteiger partial charge on any atom is 0.381 e. The molecule has 4 rings (SSSR count). The fourth-order valence-electron chi connectivity index (χ4n) is 4.16. The molecule has 14 heteroatoms. The summed E-state index contributed by atoms with van der Waals surface area (Å²) in [7, 11) is 1.11. The van der Waals surface area contributed by atoms with Crippen molar-refractivity contribution in [2.24, 2.45) is 0 Å². The van der Waals surface area contributed by atoms with E-state index in [1.54, 1.807) is 24.3 Å². The number of esters is 3. The van der Waals surface area contributed by atoms with Crippen molar-refractivity contribution in [1.82, 2.24) is 0 Å². The number of methoxy groups -OCH3 is 1. The molecule has 0 aromatic heterocycles. The van der Waals surface area contributed by atoms with Gasteiger partial charge in [-0.15, -0.1) is 0 Å². The van der Waals surface area contributed by atoms with Crippen LogP contribution in [0.1, 0.15) is 43.0 Å². The van der Waals surface area contributed by atoms with E-state index in [2.05, 4.69) is 0 Å². The molecule has 0 radical (unpaired) electrons. The smallest absolute Gasteiger partial charge is 0.381 e. The number of rotatable bonds is 11. The van der Waals surface area contributed by atoms with Gasteiger partial charge in [0.25, 0.3) is 6.29 Å². The highest BCUT2D eigenvalue weighted by Gasteiger charge is 2.33. The first-order valence-electron chi connectivity index (χ1n) is 13.5. The maximum absolute atomic E-state index is 13.4. The molecule has 0 aliphatic rings. The van der Waals surface area contributed by atoms with Gasteiger partial charge in [0.2, 0.25) is 0 Å². The minimum atomic E-state index is -1.89. The van der Waals surface area contributed by atoms with E-state index in [4.69, 9.17) is 93.3 Å². The van der Waals surface area contributed by atoms with Crippen LogP contribution in [0.4, 0.5) is 0 Å². The molecule has 0 fully saturated rings. The molecule has 0 heterocycles. The first kappa shape index (κ1) is 36.6. The SMILES string of the molecule is COC(Oc1c(Cl)cc(Cl)c(Cl)c1C(=O)OCc1ccccc1C)C(=O)Oc1c(Cl)cc(Cl)c(Cl)c1C(=O)OCc1ccccc1C. The standard InChI is InChI=1S/C33H24Cl6O8/c1-16-8-4-6-10-18(16)14-44-30(40)24-26(38)20(34)12-22(36)28(24)46-32(42)33(43-3)47-29-23(37)13-21(35)27(39)25(29)31(41)45-15-19-11-7-5-9-17(19)2/h4-13,33H,14-15H2,1-3H3. The van der Waals surface area contributed by atoms with Gasteiger partial charge < -0.3 is 23.7 Å². The average Bonchev–Trinajstić information content (AvgIpc) is 3.03. The van der Waals surface area contributed by atoms with Crippen LogP contribution in [-0.4, -0.2) is 31.3 Å². The second-order valence-corrected chi connectivity index (χ2v) is 12.2. The van der Waals surface area contributed by atoms with Crippen LogP contribution in [0.3, 0.4) is 0 Å². The fraction of sp³-hybridized carbons (Fsp3) is 0.182. The summed E-state index contributed by atoms with van der Waals surface area (Å²) in [6, 6.07) is 16.9. The lowest BCUT2D eigenvalue weighted by Crippen LogP contribution is -2.34. The number of benzene rings is 4. The largest absolute Gasteiger partial charge is 0.457 e. The quantitative estimate of drug-likeness (QED) is 0.0645. The predicted octanol–water partition coefficient (Wildman–Crippen LogP) is 9.89. The van der Waals surface area contributed by atoms with Gasteiger partial charge in [-0.2, -0.15) is 0 Å². The highest BCUT2D eigenvalue weighted by Crippen LogP contribution is 2.42. The van der Waals surface area contributed by atoms with E-state index in [1.165, 1.54) is 12.1 Å². The topological polar surface area (TPSA) is 97.4 Å². The van der Waals surface area contributed by atoms with Crippen molar-refractivity contribution in [2.45, 2.75) is 33.4 Å². The third-order valence-corrected chi connectivity index (χ3v) is 8.87. The number of halogens is 6. The summed E-state index contributed by atoms with van der Waals surface area (Å²) < 4.78 is 27.3. The van der Waals surface area contributed by atoms with Gasteiger partial charge in [0, 0.05) is 7.11 Å². The van der Waals surface area contributed by atoms with Crippen LogP contribution in [0, 0.1) is 13.8 Å². The number of ether oxygens (including phenoxy) is 5. The van der Waals surface area contributed by atoms with Gasteiger partial charge >= 0.3 is 17.9 Å². The Morgan fingerprint density at radius 2 is 1.06 bits per heavy atom. The molecule has 0 bridgehead atoms. The Morgan fingerprint density at radius 3 is 1.51 bits per heavy atom. The average molecular weight is 761 g/mol. The number of carbonyl (C=O) groups is 3. The molecule has 246 valence electrons. The molecule has 4 aromatic rings. The summed E-state index contributed by atoms with van der Waals surface area (Å²) >= 11 is 37.9. The summed E-state index contributed by atoms with van der Waals surface area (Å²) in [5.74, 6) is -4.04. The minimum Gasteiger partial charge on any atom is -0.457 e. The maximum atomic E-state index is 13.4. The van der Waals surface area contributed by atoms with Crippen LogP contribution >= 0.6 is 69.6 Å². The van der Waals surface area contributed by atoms with Crippen molar-refractivity contribution in [3.63, 3.8) is 0 Å². The number of hydrogen-bond donors (Lipinski definition) is 0. The van der Waals surface area contributed by atoms with Gasteiger partial charge in [0.05, 0.1) is 30.1 Å². The Balaban J connectivity index is 1.61. The lowest BCUT2D eigenvalue weighted by atomic mass is 10.1. The second-order valence-electron chi connectivity index (χ2n) is 9.83. The normalized spacial score (nSPS) is 11.5. The Hall–Kier alpha value is -3.21. The Labute approximate surface area is 300 Å². The molecule has 0 saturated carbocycles. The van der Waals surface area contributed by atoms with Crippen LogP contribution in [0.25, 0.3) is 0 Å². The zero-order valence-electron chi connectivity index (χ0n) is 24.8. The zero-order valence-corrected chi connectivity index (χ0v) is 29.3. The summed E-state index contributed by atoms with van der Waals surface area (Å²) in [4.78, 5) is 39.9. The van der Waals surface area contributed by atoms with Gasteiger partial charge in [-0.1, -0.05) is 118 Å². The van der Waals surface area contributed by atoms with Gasteiger partial charge in [-0.05, 0) is 48.2 Å². The van der Waals surface area contributed by atoms with Crippen molar-refractivity contribution >= 4 is 87.5 Å². The lowest BCUT2D eigenvalue weighted by Gasteiger charge is -2.21. The second kappa shape index (κ2) is 16.3. The molecule has 47 heavy (non-hydrogen) atoms. The van der Waals surface area contributed by atoms with Gasteiger partial charge in [-0.25, -0.2) is 14.4 Å². The molecular weight excluding hydrogens is 737 g/mol. The van der Waals surface area contributed by atoms with Crippen LogP contribution in [-0.2, 0) is 32.2 Å². The van der Waals surface area contributed by atoms with Gasteiger partial charge in [-0.3, -0.25) is 0 Å². The molecule has 1 atom stereocenters. The van der Waals surface area contributed by atoms with E-state index in [9.17, 15) is 14.4 Å². The van der Waals surface area contributed by atoms with Gasteiger partial charge in [0.15, 0.2) is 11.5 Å². The summed E-state index contributed by atoms with van der Waals surface area (Å²) in [6.07, 6.45) is -1.89. The van der Waals surface area contributed by atoms with E-state index >= 15 is 0 Å². The van der Waals surface area contributed by atoms with Crippen LogP contribution in [0.15, 0.2) is 60.7 Å². The van der Waals surface area contributed by atoms with E-state index in [0.717, 1.165) is 29.4 Å². The molecule has 0 aliphatic carbocycles. The van der Waals surface area contributed by atoms with E-state index < -0.39 is 41.3 Å². The van der Waals surface area contributed by atoms with Crippen LogP contribution in [0.5, 0.6) is 11.5 Å². The Kier molecular flexibility index (Phi) is 12.7. The molecular formula is C33H24Cl6O8. The fourth-order valence-corrected chi connectivity index (χ4v) is 5.60. The highest BCUT2D eigenvalue weighted by molar-refractivity contribution is 6.46.